The fourth-order valence-electron chi connectivity index (χ4n) is 1.19. The molecular formula is C12H9BrOSe. The molecule has 0 radical (unpaired) electrons. The van der Waals surface area contributed by atoms with Crippen LogP contribution in [0.2, 0.25) is 0 Å². The molecule has 2 rings (SSSR count). The Labute approximate surface area is 103 Å². The van der Waals surface area contributed by atoms with E-state index in [0.29, 0.717) is 5.75 Å². The third-order valence-electron chi connectivity index (χ3n) is 1.89. The van der Waals surface area contributed by atoms with Crippen LogP contribution in [0.3, 0.4) is 0 Å². The molecule has 0 heterocycles. The summed E-state index contributed by atoms with van der Waals surface area (Å²) in [5.41, 5.74) is 0. The first-order chi connectivity index (χ1) is 7.25. The molecule has 0 atom stereocenters. The van der Waals surface area contributed by atoms with Crippen LogP contribution in [0.4, 0.5) is 0 Å². The monoisotopic (exact) mass is 328 g/mol. The van der Waals surface area contributed by atoms with Crippen molar-refractivity contribution in [3.63, 3.8) is 0 Å². The third kappa shape index (κ3) is 2.85. The Balaban J connectivity index is 2.25. The molecular weight excluding hydrogens is 319 g/mol. The molecule has 0 aliphatic rings. The third-order valence-corrected chi connectivity index (χ3v) is 5.41. The Morgan fingerprint density at radius 3 is 2.40 bits per heavy atom. The Hall–Kier alpha value is -0.761. The van der Waals surface area contributed by atoms with Gasteiger partial charge < -0.3 is 0 Å². The molecule has 0 spiro atoms. The maximum absolute atomic E-state index is 9.28. The summed E-state index contributed by atoms with van der Waals surface area (Å²) in [7, 11) is 0. The molecule has 2 aromatic rings. The van der Waals surface area contributed by atoms with Crippen LogP contribution in [0.1, 0.15) is 0 Å². The van der Waals surface area contributed by atoms with E-state index in [-0.39, 0.29) is 15.0 Å². The Bertz CT molecular complexity index is 456. The fourth-order valence-corrected chi connectivity index (χ4v) is 3.74. The van der Waals surface area contributed by atoms with E-state index in [2.05, 4.69) is 28.1 Å². The molecule has 0 fully saturated rings. The van der Waals surface area contributed by atoms with Crippen LogP contribution >= 0.6 is 15.9 Å². The van der Waals surface area contributed by atoms with E-state index < -0.39 is 0 Å². The van der Waals surface area contributed by atoms with Crippen LogP contribution in [-0.4, -0.2) is 20.1 Å². The molecule has 0 unspecified atom stereocenters. The molecule has 2 aromatic carbocycles. The zero-order chi connectivity index (χ0) is 10.7. The molecule has 3 heteroatoms. The first-order valence-corrected chi connectivity index (χ1v) is 6.98. The summed E-state index contributed by atoms with van der Waals surface area (Å²) in [6.45, 7) is 0. The molecule has 1 nitrogen and oxygen atoms in total. The standard InChI is InChI=1S/C12H9BrOSe/c13-11-8-9(14)6-7-12(11)15-10-4-2-1-3-5-10/h1-8,14H. The van der Waals surface area contributed by atoms with E-state index >= 15 is 0 Å². The summed E-state index contributed by atoms with van der Waals surface area (Å²) in [6.07, 6.45) is 0. The first-order valence-electron chi connectivity index (χ1n) is 4.47. The molecule has 15 heavy (non-hydrogen) atoms. The Morgan fingerprint density at radius 2 is 1.73 bits per heavy atom. The fraction of sp³-hybridized carbons (Fsp3) is 0. The van der Waals surface area contributed by atoms with Crippen molar-refractivity contribution in [2.75, 3.05) is 0 Å². The number of benzene rings is 2. The van der Waals surface area contributed by atoms with Gasteiger partial charge in [-0.25, -0.2) is 0 Å². The van der Waals surface area contributed by atoms with Gasteiger partial charge in [-0.2, -0.15) is 0 Å². The minimum atomic E-state index is 0.286. The second kappa shape index (κ2) is 4.84. The van der Waals surface area contributed by atoms with Gasteiger partial charge in [-0.3, -0.25) is 0 Å². The molecule has 0 saturated heterocycles. The Kier molecular flexibility index (Phi) is 3.47. The quantitative estimate of drug-likeness (QED) is 0.834. The number of phenols is 1. The number of halogens is 1. The van der Waals surface area contributed by atoms with Gasteiger partial charge in [0.25, 0.3) is 0 Å². The van der Waals surface area contributed by atoms with Crippen molar-refractivity contribution in [3.8, 4) is 5.75 Å². The second-order valence-corrected chi connectivity index (χ2v) is 6.22. The van der Waals surface area contributed by atoms with Crippen molar-refractivity contribution >= 4 is 39.8 Å². The summed E-state index contributed by atoms with van der Waals surface area (Å²) in [4.78, 5) is 0. The second-order valence-electron chi connectivity index (χ2n) is 3.03. The number of rotatable bonds is 2. The zero-order valence-electron chi connectivity index (χ0n) is 7.85. The minimum absolute atomic E-state index is 0.286. The van der Waals surface area contributed by atoms with Crippen LogP contribution < -0.4 is 8.92 Å². The van der Waals surface area contributed by atoms with E-state index in [9.17, 15) is 5.11 Å². The van der Waals surface area contributed by atoms with Crippen LogP contribution in [0.15, 0.2) is 53.0 Å². The summed E-state index contributed by atoms with van der Waals surface area (Å²) >= 11 is 3.75. The van der Waals surface area contributed by atoms with Gasteiger partial charge in [0.2, 0.25) is 0 Å². The maximum atomic E-state index is 9.28. The van der Waals surface area contributed by atoms with Crippen LogP contribution in [0, 0.1) is 0 Å². The van der Waals surface area contributed by atoms with Gasteiger partial charge in [0.15, 0.2) is 0 Å². The van der Waals surface area contributed by atoms with Crippen molar-refractivity contribution in [3.05, 3.63) is 53.0 Å². The topological polar surface area (TPSA) is 20.2 Å². The van der Waals surface area contributed by atoms with Gasteiger partial charge in [0, 0.05) is 0 Å². The average Bonchev–Trinajstić information content (AvgIpc) is 2.24. The molecule has 0 saturated carbocycles. The average molecular weight is 328 g/mol. The number of hydrogen-bond donors (Lipinski definition) is 1. The van der Waals surface area contributed by atoms with E-state index in [0.717, 1.165) is 4.47 Å². The zero-order valence-corrected chi connectivity index (χ0v) is 11.2. The van der Waals surface area contributed by atoms with Gasteiger partial charge in [-0.15, -0.1) is 0 Å². The van der Waals surface area contributed by atoms with Gasteiger partial charge in [0.05, 0.1) is 0 Å². The summed E-state index contributed by atoms with van der Waals surface area (Å²) < 4.78 is 3.55. The number of aromatic hydroxyl groups is 1. The van der Waals surface area contributed by atoms with Crippen molar-refractivity contribution in [1.29, 1.82) is 0 Å². The molecule has 0 bridgehead atoms. The van der Waals surface area contributed by atoms with Gasteiger partial charge in [-0.05, 0) is 0 Å². The summed E-state index contributed by atoms with van der Waals surface area (Å²) in [5.74, 6) is 0.300. The van der Waals surface area contributed by atoms with Gasteiger partial charge >= 0.3 is 104 Å². The van der Waals surface area contributed by atoms with E-state index in [1.54, 1.807) is 12.1 Å². The van der Waals surface area contributed by atoms with E-state index in [1.807, 2.05) is 24.3 Å². The van der Waals surface area contributed by atoms with Crippen molar-refractivity contribution in [1.82, 2.24) is 0 Å². The van der Waals surface area contributed by atoms with Gasteiger partial charge in [0.1, 0.15) is 0 Å². The SMILES string of the molecule is Oc1ccc([Se]c2ccccc2)c(Br)c1. The molecule has 0 aliphatic carbocycles. The molecule has 0 aromatic heterocycles. The van der Waals surface area contributed by atoms with Crippen molar-refractivity contribution in [2.45, 2.75) is 0 Å². The van der Waals surface area contributed by atoms with Crippen LogP contribution in [-0.2, 0) is 0 Å². The molecule has 0 amide bonds. The molecule has 1 N–H and O–H groups in total. The van der Waals surface area contributed by atoms with Crippen LogP contribution in [0.5, 0.6) is 5.75 Å². The first kappa shape index (κ1) is 10.7. The van der Waals surface area contributed by atoms with Gasteiger partial charge in [-0.1, -0.05) is 0 Å². The van der Waals surface area contributed by atoms with Crippen LogP contribution in [0.25, 0.3) is 0 Å². The predicted molar refractivity (Wildman–Crippen MR) is 67.3 cm³/mol. The summed E-state index contributed by atoms with van der Waals surface area (Å²) in [5, 5.41) is 9.28. The van der Waals surface area contributed by atoms with E-state index in [4.69, 9.17) is 0 Å². The predicted octanol–water partition coefficient (Wildman–Crippen LogP) is 1.81. The normalized spacial score (nSPS) is 10.2. The number of hydrogen-bond acceptors (Lipinski definition) is 1. The van der Waals surface area contributed by atoms with E-state index in [1.165, 1.54) is 8.92 Å². The molecule has 0 aliphatic heterocycles. The van der Waals surface area contributed by atoms with Crippen molar-refractivity contribution in [2.24, 2.45) is 0 Å². The number of phenolic OH excluding ortho intramolecular Hbond substituents is 1. The summed E-state index contributed by atoms with van der Waals surface area (Å²) in [6, 6.07) is 15.8. The molecule has 76 valence electrons. The Morgan fingerprint density at radius 1 is 1.00 bits per heavy atom. The van der Waals surface area contributed by atoms with Crippen molar-refractivity contribution < 1.29 is 5.11 Å².